The smallest absolute Gasteiger partial charge is 0.230 e. The van der Waals surface area contributed by atoms with E-state index in [0.29, 0.717) is 25.4 Å². The molecule has 112 valence electrons. The fourth-order valence-corrected chi connectivity index (χ4v) is 3.18. The highest BCUT2D eigenvalue weighted by Gasteiger charge is 2.10. The minimum atomic E-state index is -0.329. The Morgan fingerprint density at radius 1 is 1.18 bits per heavy atom. The SMILES string of the molecule is O=C(Cc1ccc(Cl)c(Cl)c1)Nc1nc2ccc(F)cc2s1. The van der Waals surface area contributed by atoms with E-state index in [1.165, 1.54) is 23.5 Å². The predicted octanol–water partition coefficient (Wildman–Crippen LogP) is 4.92. The van der Waals surface area contributed by atoms with Crippen LogP contribution in [0.3, 0.4) is 0 Å². The molecule has 0 aliphatic rings. The van der Waals surface area contributed by atoms with Crippen LogP contribution in [0.1, 0.15) is 5.56 Å². The molecule has 0 radical (unpaired) electrons. The molecule has 1 amide bonds. The Kier molecular flexibility index (Phi) is 4.29. The van der Waals surface area contributed by atoms with Crippen molar-refractivity contribution in [2.75, 3.05) is 5.32 Å². The van der Waals surface area contributed by atoms with Gasteiger partial charge in [-0.25, -0.2) is 9.37 Å². The van der Waals surface area contributed by atoms with Gasteiger partial charge in [0, 0.05) is 0 Å². The molecule has 0 unspecified atom stereocenters. The van der Waals surface area contributed by atoms with Crippen LogP contribution in [0.2, 0.25) is 10.0 Å². The highest BCUT2D eigenvalue weighted by molar-refractivity contribution is 7.22. The molecular weight excluding hydrogens is 346 g/mol. The summed E-state index contributed by atoms with van der Waals surface area (Å²) >= 11 is 13.0. The van der Waals surface area contributed by atoms with Crippen molar-refractivity contribution in [2.45, 2.75) is 6.42 Å². The quantitative estimate of drug-likeness (QED) is 0.724. The average Bonchev–Trinajstić information content (AvgIpc) is 2.84. The van der Waals surface area contributed by atoms with Gasteiger partial charge in [-0.15, -0.1) is 0 Å². The van der Waals surface area contributed by atoms with Gasteiger partial charge in [-0.2, -0.15) is 0 Å². The number of halogens is 3. The van der Waals surface area contributed by atoms with Crippen LogP contribution in [-0.4, -0.2) is 10.9 Å². The molecule has 3 rings (SSSR count). The normalized spacial score (nSPS) is 10.9. The van der Waals surface area contributed by atoms with E-state index in [2.05, 4.69) is 10.3 Å². The number of benzene rings is 2. The van der Waals surface area contributed by atoms with Gasteiger partial charge in [0.15, 0.2) is 5.13 Å². The van der Waals surface area contributed by atoms with Crippen molar-refractivity contribution in [1.82, 2.24) is 4.98 Å². The first-order chi connectivity index (χ1) is 10.5. The summed E-state index contributed by atoms with van der Waals surface area (Å²) in [5, 5.41) is 3.99. The zero-order chi connectivity index (χ0) is 15.7. The Balaban J connectivity index is 1.73. The first kappa shape index (κ1) is 15.2. The Hall–Kier alpha value is -1.69. The zero-order valence-electron chi connectivity index (χ0n) is 11.1. The van der Waals surface area contributed by atoms with Crippen molar-refractivity contribution in [3.05, 3.63) is 57.8 Å². The van der Waals surface area contributed by atoms with E-state index >= 15 is 0 Å². The van der Waals surface area contributed by atoms with Crippen LogP contribution in [-0.2, 0) is 11.2 Å². The minimum absolute atomic E-state index is 0.154. The number of amides is 1. The number of thiazole rings is 1. The molecule has 3 aromatic rings. The molecule has 1 aromatic heterocycles. The van der Waals surface area contributed by atoms with Crippen molar-refractivity contribution in [2.24, 2.45) is 0 Å². The largest absolute Gasteiger partial charge is 0.302 e. The second kappa shape index (κ2) is 6.20. The topological polar surface area (TPSA) is 42.0 Å². The van der Waals surface area contributed by atoms with Crippen molar-refractivity contribution in [1.29, 1.82) is 0 Å². The number of nitrogens with one attached hydrogen (secondary N) is 1. The van der Waals surface area contributed by atoms with Crippen molar-refractivity contribution in [3.63, 3.8) is 0 Å². The summed E-state index contributed by atoms with van der Waals surface area (Å²) in [7, 11) is 0. The lowest BCUT2D eigenvalue weighted by atomic mass is 10.1. The number of aromatic nitrogens is 1. The molecule has 2 aromatic carbocycles. The van der Waals surface area contributed by atoms with E-state index in [0.717, 1.165) is 5.56 Å². The second-order valence-electron chi connectivity index (χ2n) is 4.60. The molecule has 1 N–H and O–H groups in total. The van der Waals surface area contributed by atoms with E-state index < -0.39 is 0 Å². The molecule has 0 fully saturated rings. The van der Waals surface area contributed by atoms with E-state index in [4.69, 9.17) is 23.2 Å². The van der Waals surface area contributed by atoms with Crippen molar-refractivity contribution in [3.8, 4) is 0 Å². The third-order valence-electron chi connectivity index (χ3n) is 2.95. The van der Waals surface area contributed by atoms with Crippen LogP contribution in [0.4, 0.5) is 9.52 Å². The van der Waals surface area contributed by atoms with Gasteiger partial charge in [0.05, 0.1) is 26.7 Å². The summed E-state index contributed by atoms with van der Waals surface area (Å²) in [6.07, 6.45) is 0.154. The Morgan fingerprint density at radius 2 is 2.00 bits per heavy atom. The Morgan fingerprint density at radius 3 is 2.77 bits per heavy atom. The molecular formula is C15H9Cl2FN2OS. The van der Waals surface area contributed by atoms with Crippen molar-refractivity contribution < 1.29 is 9.18 Å². The Bertz CT molecular complexity index is 866. The third-order valence-corrected chi connectivity index (χ3v) is 4.62. The van der Waals surface area contributed by atoms with E-state index in [1.54, 1.807) is 24.3 Å². The van der Waals surface area contributed by atoms with Crippen LogP contribution in [0.25, 0.3) is 10.2 Å². The van der Waals surface area contributed by atoms with Crippen LogP contribution in [0, 0.1) is 5.82 Å². The summed E-state index contributed by atoms with van der Waals surface area (Å²) in [6.45, 7) is 0. The summed E-state index contributed by atoms with van der Waals surface area (Å²) in [5.41, 5.74) is 1.40. The fraction of sp³-hybridized carbons (Fsp3) is 0.0667. The molecule has 0 atom stereocenters. The molecule has 3 nitrogen and oxygen atoms in total. The van der Waals surface area contributed by atoms with Crippen LogP contribution < -0.4 is 5.32 Å². The van der Waals surface area contributed by atoms with Gasteiger partial charge in [0.1, 0.15) is 5.82 Å². The lowest BCUT2D eigenvalue weighted by Gasteiger charge is -2.03. The van der Waals surface area contributed by atoms with Gasteiger partial charge < -0.3 is 5.32 Å². The zero-order valence-corrected chi connectivity index (χ0v) is 13.4. The number of nitrogens with zero attached hydrogens (tertiary/aromatic N) is 1. The van der Waals surface area contributed by atoms with E-state index in [1.807, 2.05) is 0 Å². The molecule has 22 heavy (non-hydrogen) atoms. The second-order valence-corrected chi connectivity index (χ2v) is 6.45. The van der Waals surface area contributed by atoms with Gasteiger partial charge in [0.25, 0.3) is 0 Å². The third kappa shape index (κ3) is 3.38. The maximum atomic E-state index is 13.1. The summed E-state index contributed by atoms with van der Waals surface area (Å²) in [4.78, 5) is 16.3. The van der Waals surface area contributed by atoms with E-state index in [9.17, 15) is 9.18 Å². The first-order valence-corrected chi connectivity index (χ1v) is 7.88. The monoisotopic (exact) mass is 354 g/mol. The number of rotatable bonds is 3. The standard InChI is InChI=1S/C15H9Cl2FN2OS/c16-10-3-1-8(5-11(10)17)6-14(21)20-15-19-12-4-2-9(18)7-13(12)22-15/h1-5,7H,6H2,(H,19,20,21). The number of carbonyl (C=O) groups is 1. The highest BCUT2D eigenvalue weighted by atomic mass is 35.5. The number of carbonyl (C=O) groups excluding carboxylic acids is 1. The van der Waals surface area contributed by atoms with Gasteiger partial charge >= 0.3 is 0 Å². The summed E-state index contributed by atoms with van der Waals surface area (Å²) in [6, 6.07) is 9.34. The molecule has 0 saturated heterocycles. The molecule has 0 saturated carbocycles. The highest BCUT2D eigenvalue weighted by Crippen LogP contribution is 2.27. The average molecular weight is 355 g/mol. The number of hydrogen-bond acceptors (Lipinski definition) is 3. The number of fused-ring (bicyclic) bond motifs is 1. The Labute approximate surface area is 139 Å². The van der Waals surface area contributed by atoms with Gasteiger partial charge in [-0.3, -0.25) is 4.79 Å². The maximum Gasteiger partial charge on any atom is 0.230 e. The van der Waals surface area contributed by atoms with Crippen LogP contribution >= 0.6 is 34.5 Å². The number of anilines is 1. The molecule has 0 aliphatic carbocycles. The lowest BCUT2D eigenvalue weighted by molar-refractivity contribution is -0.115. The molecule has 7 heteroatoms. The van der Waals surface area contributed by atoms with Gasteiger partial charge in [-0.1, -0.05) is 40.6 Å². The lowest BCUT2D eigenvalue weighted by Crippen LogP contribution is -2.14. The maximum absolute atomic E-state index is 13.1. The first-order valence-electron chi connectivity index (χ1n) is 6.31. The number of hydrogen-bond donors (Lipinski definition) is 1. The predicted molar refractivity (Wildman–Crippen MR) is 88.4 cm³/mol. The summed E-state index contributed by atoms with van der Waals surface area (Å²) < 4.78 is 13.8. The van der Waals surface area contributed by atoms with Crippen LogP contribution in [0.15, 0.2) is 36.4 Å². The molecule has 0 aliphatic heterocycles. The fourth-order valence-electron chi connectivity index (χ4n) is 1.95. The molecule has 1 heterocycles. The molecule has 0 spiro atoms. The van der Waals surface area contributed by atoms with Gasteiger partial charge in [-0.05, 0) is 35.9 Å². The van der Waals surface area contributed by atoms with Gasteiger partial charge in [0.2, 0.25) is 5.91 Å². The molecule has 0 bridgehead atoms. The minimum Gasteiger partial charge on any atom is -0.302 e. The summed E-state index contributed by atoms with van der Waals surface area (Å²) in [5.74, 6) is -0.553. The van der Waals surface area contributed by atoms with Crippen LogP contribution in [0.5, 0.6) is 0 Å². The van der Waals surface area contributed by atoms with Crippen molar-refractivity contribution >= 4 is 55.8 Å². The van der Waals surface area contributed by atoms with E-state index in [-0.39, 0.29) is 18.1 Å².